The van der Waals surface area contributed by atoms with Crippen LogP contribution >= 0.6 is 0 Å². The van der Waals surface area contributed by atoms with Gasteiger partial charge in [0.05, 0.1) is 22.1 Å². The van der Waals surface area contributed by atoms with Crippen LogP contribution in [0, 0.1) is 6.92 Å². The Kier molecular flexibility index (Phi) is 3.87. The number of furan rings is 1. The fourth-order valence-electron chi connectivity index (χ4n) is 4.26. The van der Waals surface area contributed by atoms with Crippen LogP contribution in [-0.2, 0) is 7.05 Å². The number of para-hydroxylation sites is 3. The Hall–Kier alpha value is -4.05. The van der Waals surface area contributed by atoms with E-state index < -0.39 is 0 Å². The number of aromatic amines is 1. The highest BCUT2D eigenvalue weighted by Crippen LogP contribution is 2.33. The summed E-state index contributed by atoms with van der Waals surface area (Å²) in [6.45, 7) is 2.04. The summed E-state index contributed by atoms with van der Waals surface area (Å²) in [6, 6.07) is 29.3. The minimum Gasteiger partial charge on any atom is -0.456 e. The number of rotatable bonds is 1. The lowest BCUT2D eigenvalue weighted by atomic mass is 10.0. The van der Waals surface area contributed by atoms with Gasteiger partial charge in [0.25, 0.3) is 0 Å². The Morgan fingerprint density at radius 2 is 1.48 bits per heavy atom. The largest absolute Gasteiger partial charge is 0.456 e. The van der Waals surface area contributed by atoms with Crippen molar-refractivity contribution >= 4 is 44.0 Å². The molecular weight excluding hydrogens is 382 g/mol. The third kappa shape index (κ3) is 2.88. The van der Waals surface area contributed by atoms with E-state index in [1.54, 1.807) is 0 Å². The maximum absolute atomic E-state index is 6.00. The van der Waals surface area contributed by atoms with Gasteiger partial charge in [-0.15, -0.1) is 0 Å². The van der Waals surface area contributed by atoms with Crippen molar-refractivity contribution in [3.8, 4) is 11.1 Å². The molecule has 2 heterocycles. The summed E-state index contributed by atoms with van der Waals surface area (Å²) < 4.78 is 8.12. The molecule has 0 amide bonds. The predicted molar refractivity (Wildman–Crippen MR) is 128 cm³/mol. The van der Waals surface area contributed by atoms with Gasteiger partial charge in [0.1, 0.15) is 17.0 Å². The van der Waals surface area contributed by atoms with Gasteiger partial charge in [-0.3, -0.25) is 0 Å². The monoisotopic (exact) mass is 403 g/mol. The van der Waals surface area contributed by atoms with Crippen molar-refractivity contribution in [2.45, 2.75) is 6.92 Å². The lowest BCUT2D eigenvalue weighted by Crippen LogP contribution is -2.00. The molecule has 0 fully saturated rings. The first-order valence-electron chi connectivity index (χ1n) is 10.4. The molecule has 0 spiro atoms. The molecule has 0 aliphatic rings. The molecule has 6 rings (SSSR count). The van der Waals surface area contributed by atoms with Gasteiger partial charge in [0, 0.05) is 17.8 Å². The Morgan fingerprint density at radius 3 is 2.42 bits per heavy atom. The molecular formula is C27H21N3O. The Balaban J connectivity index is 1.63. The number of benzene rings is 4. The molecule has 4 aromatic carbocycles. The normalized spacial score (nSPS) is 11.5. The fraction of sp³-hybridized carbons (Fsp3) is 0.0741. The van der Waals surface area contributed by atoms with Crippen molar-refractivity contribution in [1.29, 1.82) is 0 Å². The lowest BCUT2D eigenvalue weighted by Gasteiger charge is -2.10. The highest BCUT2D eigenvalue weighted by Gasteiger charge is 2.09. The van der Waals surface area contributed by atoms with E-state index in [-0.39, 0.29) is 0 Å². The van der Waals surface area contributed by atoms with E-state index in [2.05, 4.69) is 71.2 Å². The number of aryl methyl sites for hydroxylation is 2. The smallest absolute Gasteiger partial charge is 0.135 e. The molecule has 0 bridgehead atoms. The van der Waals surface area contributed by atoms with E-state index in [0.29, 0.717) is 0 Å². The molecule has 0 radical (unpaired) electrons. The van der Waals surface area contributed by atoms with Crippen LogP contribution in [0.5, 0.6) is 0 Å². The highest BCUT2D eigenvalue weighted by atomic mass is 16.3. The van der Waals surface area contributed by atoms with Gasteiger partial charge in [0.15, 0.2) is 0 Å². The first kappa shape index (κ1) is 17.8. The third-order valence-corrected chi connectivity index (χ3v) is 6.01. The summed E-state index contributed by atoms with van der Waals surface area (Å²) in [5.41, 5.74) is 8.23. The highest BCUT2D eigenvalue weighted by molar-refractivity contribution is 6.06. The molecule has 150 valence electrons. The number of fused-ring (bicyclic) bond motifs is 5. The zero-order valence-corrected chi connectivity index (χ0v) is 17.4. The molecule has 0 saturated carbocycles. The first-order chi connectivity index (χ1) is 15.2. The topological polar surface area (TPSA) is 46.8 Å². The summed E-state index contributed by atoms with van der Waals surface area (Å²) in [4.78, 5) is 8.39. The van der Waals surface area contributed by atoms with Gasteiger partial charge >= 0.3 is 0 Å². The number of hydrogen-bond acceptors (Lipinski definition) is 2. The molecule has 0 unspecified atom stereocenters. The van der Waals surface area contributed by atoms with Crippen molar-refractivity contribution in [3.63, 3.8) is 0 Å². The standard InChI is InChI=1S/C27H21N3O/c1-17-28-22-8-4-5-9-23(22)29-24-16-19(11-13-25(24)30(17)2)18-12-14-27-21(15-18)20-7-3-6-10-26(20)31-27/h3-16,29H,1-2H3. The zero-order chi connectivity index (χ0) is 20.9. The summed E-state index contributed by atoms with van der Waals surface area (Å²) >= 11 is 0. The first-order valence-corrected chi connectivity index (χ1v) is 10.4. The number of nitrogens with one attached hydrogen (secondary N) is 1. The molecule has 1 N–H and O–H groups in total. The van der Waals surface area contributed by atoms with Crippen LogP contribution in [0.1, 0.15) is 5.82 Å². The summed E-state index contributed by atoms with van der Waals surface area (Å²) in [5.74, 6) is 0.953. The van der Waals surface area contributed by atoms with Crippen LogP contribution < -0.4 is 0 Å². The second-order valence-corrected chi connectivity index (χ2v) is 7.90. The van der Waals surface area contributed by atoms with Crippen LogP contribution in [0.2, 0.25) is 0 Å². The van der Waals surface area contributed by atoms with Crippen LogP contribution in [0.3, 0.4) is 0 Å². The summed E-state index contributed by atoms with van der Waals surface area (Å²) in [5, 5.41) is 2.28. The van der Waals surface area contributed by atoms with Crippen LogP contribution in [0.4, 0.5) is 0 Å². The summed E-state index contributed by atoms with van der Waals surface area (Å²) in [7, 11) is 2.05. The average Bonchev–Trinajstić information content (AvgIpc) is 3.17. The minimum absolute atomic E-state index is 0.912. The van der Waals surface area contributed by atoms with E-state index >= 15 is 0 Å². The van der Waals surface area contributed by atoms with Crippen molar-refractivity contribution < 1.29 is 4.42 Å². The molecule has 0 aliphatic heterocycles. The van der Waals surface area contributed by atoms with Crippen molar-refractivity contribution in [1.82, 2.24) is 14.5 Å². The number of aromatic nitrogens is 3. The van der Waals surface area contributed by atoms with Crippen LogP contribution in [-0.4, -0.2) is 14.5 Å². The van der Waals surface area contributed by atoms with Gasteiger partial charge in [-0.05, 0) is 60.5 Å². The maximum Gasteiger partial charge on any atom is 0.135 e. The lowest BCUT2D eigenvalue weighted by molar-refractivity contribution is 0.669. The number of H-pyrrole nitrogens is 1. The minimum atomic E-state index is 0.912. The Bertz CT molecular complexity index is 1660. The molecule has 6 aromatic rings. The van der Waals surface area contributed by atoms with E-state index in [1.165, 1.54) is 0 Å². The maximum atomic E-state index is 6.00. The molecule has 31 heavy (non-hydrogen) atoms. The van der Waals surface area contributed by atoms with Gasteiger partial charge in [-0.1, -0.05) is 42.5 Å². The zero-order valence-electron chi connectivity index (χ0n) is 17.4. The SMILES string of the molecule is Cc1nc2ccccc2[nH]c2cc(-c3ccc4oc5ccccc5c4c3)ccc2n1C. The molecule has 0 atom stereocenters. The van der Waals surface area contributed by atoms with E-state index in [4.69, 9.17) is 9.40 Å². The van der Waals surface area contributed by atoms with Gasteiger partial charge in [-0.2, -0.15) is 0 Å². The van der Waals surface area contributed by atoms with Gasteiger partial charge < -0.3 is 14.0 Å². The van der Waals surface area contributed by atoms with Crippen molar-refractivity contribution in [2.24, 2.45) is 7.05 Å². The second-order valence-electron chi connectivity index (χ2n) is 7.90. The average molecular weight is 403 g/mol. The Labute approximate surface area is 179 Å². The molecule has 4 nitrogen and oxygen atoms in total. The van der Waals surface area contributed by atoms with Crippen LogP contribution in [0.15, 0.2) is 89.3 Å². The molecule has 2 aromatic heterocycles. The van der Waals surface area contributed by atoms with Crippen molar-refractivity contribution in [3.05, 3.63) is 90.8 Å². The number of hydrogen-bond donors (Lipinski definition) is 1. The van der Waals surface area contributed by atoms with Gasteiger partial charge in [0.2, 0.25) is 0 Å². The quantitative estimate of drug-likeness (QED) is 0.320. The molecule has 0 aliphatic carbocycles. The molecule has 0 saturated heterocycles. The van der Waals surface area contributed by atoms with E-state index in [9.17, 15) is 0 Å². The molecule has 4 heteroatoms. The Morgan fingerprint density at radius 1 is 0.742 bits per heavy atom. The van der Waals surface area contributed by atoms with Gasteiger partial charge in [-0.25, -0.2) is 4.98 Å². The van der Waals surface area contributed by atoms with Crippen molar-refractivity contribution in [2.75, 3.05) is 0 Å². The third-order valence-electron chi connectivity index (χ3n) is 6.01. The van der Waals surface area contributed by atoms with E-state index in [0.717, 1.165) is 61.0 Å². The number of nitrogens with zero attached hydrogens (tertiary/aromatic N) is 2. The fourth-order valence-corrected chi connectivity index (χ4v) is 4.26. The second kappa shape index (κ2) is 6.74. The predicted octanol–water partition coefficient (Wildman–Crippen LogP) is 7.05. The summed E-state index contributed by atoms with van der Waals surface area (Å²) in [6.07, 6.45) is 0. The van der Waals surface area contributed by atoms with E-state index in [1.807, 2.05) is 37.3 Å². The van der Waals surface area contributed by atoms with Crippen LogP contribution in [0.25, 0.3) is 55.1 Å².